The number of rotatable bonds is 6. The van der Waals surface area contributed by atoms with E-state index in [0.717, 1.165) is 24.3 Å². The quantitative estimate of drug-likeness (QED) is 0.649. The molecule has 0 radical (unpaired) electrons. The summed E-state index contributed by atoms with van der Waals surface area (Å²) in [5, 5.41) is 0. The smallest absolute Gasteiger partial charge is 0.243 e. The van der Waals surface area contributed by atoms with Gasteiger partial charge in [0.2, 0.25) is 20.0 Å². The van der Waals surface area contributed by atoms with Gasteiger partial charge in [0, 0.05) is 51.0 Å². The van der Waals surface area contributed by atoms with Crippen LogP contribution in [0.1, 0.15) is 12.8 Å². The maximum absolute atomic E-state index is 13.1. The molecule has 8 nitrogen and oxygen atoms in total. The number of anilines is 1. The predicted octanol–water partition coefficient (Wildman–Crippen LogP) is 1.99. The van der Waals surface area contributed by atoms with Crippen molar-refractivity contribution in [1.29, 1.82) is 0 Å². The van der Waals surface area contributed by atoms with Crippen molar-refractivity contribution in [2.24, 2.45) is 0 Å². The molecule has 0 saturated carbocycles. The lowest BCUT2D eigenvalue weighted by Gasteiger charge is -2.35. The molecule has 0 aliphatic carbocycles. The van der Waals surface area contributed by atoms with Crippen molar-refractivity contribution in [2.75, 3.05) is 51.3 Å². The fraction of sp³-hybridized carbons (Fsp3) is 0.429. The van der Waals surface area contributed by atoms with Crippen molar-refractivity contribution in [1.82, 2.24) is 8.61 Å². The maximum atomic E-state index is 13.1. The Labute approximate surface area is 184 Å². The molecule has 4 rings (SSSR count). The molecule has 2 aromatic carbocycles. The number of piperazine rings is 1. The van der Waals surface area contributed by atoms with Gasteiger partial charge in [0.05, 0.1) is 16.9 Å². The van der Waals surface area contributed by atoms with Crippen LogP contribution in [0, 0.1) is 0 Å². The molecule has 0 bridgehead atoms. The molecule has 2 saturated heterocycles. The number of sulfonamides is 2. The average Bonchev–Trinajstić information content (AvgIpc) is 3.35. The van der Waals surface area contributed by atoms with Gasteiger partial charge in [-0.25, -0.2) is 16.8 Å². The Kier molecular flexibility index (Phi) is 6.25. The van der Waals surface area contributed by atoms with Crippen LogP contribution in [-0.2, 0) is 20.0 Å². The predicted molar refractivity (Wildman–Crippen MR) is 118 cm³/mol. The summed E-state index contributed by atoms with van der Waals surface area (Å²) in [6, 6.07) is 13.3. The molecular weight excluding hydrogens is 438 g/mol. The van der Waals surface area contributed by atoms with E-state index in [1.807, 2.05) is 24.3 Å². The van der Waals surface area contributed by atoms with Gasteiger partial charge >= 0.3 is 0 Å². The SMILES string of the molecule is COc1cccc(N2CCN(S(=O)(=O)c3ccc(S(=O)(=O)N4CCCC4)cc3)CC2)c1. The van der Waals surface area contributed by atoms with Crippen molar-refractivity contribution < 1.29 is 21.6 Å². The van der Waals surface area contributed by atoms with Gasteiger partial charge in [0.15, 0.2) is 0 Å². The van der Waals surface area contributed by atoms with Crippen LogP contribution in [0.3, 0.4) is 0 Å². The highest BCUT2D eigenvalue weighted by molar-refractivity contribution is 7.89. The van der Waals surface area contributed by atoms with E-state index >= 15 is 0 Å². The summed E-state index contributed by atoms with van der Waals surface area (Å²) in [7, 11) is -5.63. The summed E-state index contributed by atoms with van der Waals surface area (Å²) in [5.74, 6) is 0.761. The summed E-state index contributed by atoms with van der Waals surface area (Å²) in [6.45, 7) is 2.86. The van der Waals surface area contributed by atoms with E-state index in [-0.39, 0.29) is 9.79 Å². The standard InChI is InChI=1S/C21H27N3O5S2/c1-29-19-6-4-5-18(17-19)22-13-15-24(16-14-22)31(27,28)21-9-7-20(8-10-21)30(25,26)23-11-2-3-12-23/h4-10,17H,2-3,11-16H2,1H3. The molecule has 31 heavy (non-hydrogen) atoms. The zero-order valence-electron chi connectivity index (χ0n) is 17.5. The highest BCUT2D eigenvalue weighted by atomic mass is 32.2. The first-order chi connectivity index (χ1) is 14.8. The molecule has 0 aromatic heterocycles. The Hall–Kier alpha value is -2.14. The summed E-state index contributed by atoms with van der Waals surface area (Å²) < 4.78 is 59.7. The third-order valence-electron chi connectivity index (χ3n) is 5.82. The van der Waals surface area contributed by atoms with E-state index in [4.69, 9.17) is 4.74 Å². The fourth-order valence-corrected chi connectivity index (χ4v) is 6.94. The number of methoxy groups -OCH3 is 1. The summed E-state index contributed by atoms with van der Waals surface area (Å²) in [6.07, 6.45) is 1.71. The normalized spacial score (nSPS) is 18.9. The number of hydrogen-bond acceptors (Lipinski definition) is 6. The van der Waals surface area contributed by atoms with Crippen LogP contribution in [-0.4, -0.2) is 71.8 Å². The van der Waals surface area contributed by atoms with Crippen molar-refractivity contribution in [3.63, 3.8) is 0 Å². The molecule has 0 amide bonds. The average molecular weight is 466 g/mol. The Morgan fingerprint density at radius 3 is 1.74 bits per heavy atom. The van der Waals surface area contributed by atoms with Crippen molar-refractivity contribution >= 4 is 25.7 Å². The minimum Gasteiger partial charge on any atom is -0.497 e. The van der Waals surface area contributed by atoms with Gasteiger partial charge in [-0.05, 0) is 49.2 Å². The third-order valence-corrected chi connectivity index (χ3v) is 9.65. The van der Waals surface area contributed by atoms with Crippen molar-refractivity contribution in [3.8, 4) is 5.75 Å². The lowest BCUT2D eigenvalue weighted by atomic mass is 10.2. The second-order valence-electron chi connectivity index (χ2n) is 7.68. The summed E-state index contributed by atoms with van der Waals surface area (Å²) in [5.41, 5.74) is 0.993. The minimum absolute atomic E-state index is 0.114. The first kappa shape index (κ1) is 22.1. The van der Waals surface area contributed by atoms with Gasteiger partial charge in [-0.3, -0.25) is 0 Å². The van der Waals surface area contributed by atoms with Gasteiger partial charge < -0.3 is 9.64 Å². The fourth-order valence-electron chi connectivity index (χ4n) is 4.00. The molecule has 2 heterocycles. The first-order valence-corrected chi connectivity index (χ1v) is 13.2. The number of benzene rings is 2. The first-order valence-electron chi connectivity index (χ1n) is 10.3. The van der Waals surface area contributed by atoms with Gasteiger partial charge in [-0.1, -0.05) is 6.07 Å². The van der Waals surface area contributed by atoms with Crippen LogP contribution in [0.15, 0.2) is 58.3 Å². The lowest BCUT2D eigenvalue weighted by Crippen LogP contribution is -2.48. The summed E-state index contributed by atoms with van der Waals surface area (Å²) in [4.78, 5) is 2.37. The molecular formula is C21H27N3O5S2. The van der Waals surface area contributed by atoms with Crippen LogP contribution < -0.4 is 9.64 Å². The molecule has 10 heteroatoms. The molecule has 2 aliphatic rings. The van der Waals surface area contributed by atoms with E-state index in [9.17, 15) is 16.8 Å². The third kappa shape index (κ3) is 4.43. The van der Waals surface area contributed by atoms with Gasteiger partial charge in [0.25, 0.3) is 0 Å². The van der Waals surface area contributed by atoms with Gasteiger partial charge in [0.1, 0.15) is 5.75 Å². The van der Waals surface area contributed by atoms with E-state index in [2.05, 4.69) is 4.90 Å². The van der Waals surface area contributed by atoms with E-state index < -0.39 is 20.0 Å². The molecule has 2 aliphatic heterocycles. The Morgan fingerprint density at radius 1 is 0.710 bits per heavy atom. The van der Waals surface area contributed by atoms with Crippen LogP contribution in [0.25, 0.3) is 0 Å². The van der Waals surface area contributed by atoms with Crippen LogP contribution >= 0.6 is 0 Å². The minimum atomic E-state index is -3.69. The van der Waals surface area contributed by atoms with E-state index in [0.29, 0.717) is 39.3 Å². The molecule has 0 spiro atoms. The maximum Gasteiger partial charge on any atom is 0.243 e. The molecule has 0 N–H and O–H groups in total. The monoisotopic (exact) mass is 465 g/mol. The van der Waals surface area contributed by atoms with E-state index in [1.54, 1.807) is 7.11 Å². The molecule has 2 fully saturated rings. The molecule has 0 atom stereocenters. The van der Waals surface area contributed by atoms with Crippen molar-refractivity contribution in [3.05, 3.63) is 48.5 Å². The summed E-state index contributed by atoms with van der Waals surface area (Å²) >= 11 is 0. The Balaban J connectivity index is 1.45. The zero-order chi connectivity index (χ0) is 22.1. The Bertz CT molecular complexity index is 1120. The van der Waals surface area contributed by atoms with Gasteiger partial charge in [-0.15, -0.1) is 0 Å². The largest absolute Gasteiger partial charge is 0.497 e. The van der Waals surface area contributed by atoms with Crippen LogP contribution in [0.2, 0.25) is 0 Å². The second-order valence-corrected chi connectivity index (χ2v) is 11.6. The highest BCUT2D eigenvalue weighted by Gasteiger charge is 2.30. The second kappa shape index (κ2) is 8.78. The van der Waals surface area contributed by atoms with Crippen LogP contribution in [0.4, 0.5) is 5.69 Å². The number of hydrogen-bond donors (Lipinski definition) is 0. The van der Waals surface area contributed by atoms with Crippen LogP contribution in [0.5, 0.6) is 5.75 Å². The molecule has 2 aromatic rings. The zero-order valence-corrected chi connectivity index (χ0v) is 19.1. The van der Waals surface area contributed by atoms with Crippen molar-refractivity contribution in [2.45, 2.75) is 22.6 Å². The topological polar surface area (TPSA) is 87.2 Å². The number of nitrogens with zero attached hydrogens (tertiary/aromatic N) is 3. The Morgan fingerprint density at radius 2 is 1.23 bits per heavy atom. The van der Waals surface area contributed by atoms with Gasteiger partial charge in [-0.2, -0.15) is 8.61 Å². The highest BCUT2D eigenvalue weighted by Crippen LogP contribution is 2.26. The van der Waals surface area contributed by atoms with E-state index in [1.165, 1.54) is 32.9 Å². The lowest BCUT2D eigenvalue weighted by molar-refractivity contribution is 0.384. The number of ether oxygens (including phenoxy) is 1. The molecule has 168 valence electrons. The molecule has 0 unspecified atom stereocenters.